The fourth-order valence-corrected chi connectivity index (χ4v) is 2.32. The fourth-order valence-electron chi connectivity index (χ4n) is 2.32. The van der Waals surface area contributed by atoms with Gasteiger partial charge < -0.3 is 15.2 Å². The molecule has 94 valence electrons. The number of aliphatic hydroxyl groups excluding tert-OH is 1. The lowest BCUT2D eigenvalue weighted by Gasteiger charge is -2.24. The molecule has 2 fully saturated rings. The molecule has 2 saturated carbocycles. The summed E-state index contributed by atoms with van der Waals surface area (Å²) in [6.07, 6.45) is 8.90. The van der Waals surface area contributed by atoms with Crippen molar-refractivity contribution in [1.82, 2.24) is 5.32 Å². The van der Waals surface area contributed by atoms with Crippen molar-refractivity contribution in [2.24, 2.45) is 5.92 Å². The van der Waals surface area contributed by atoms with Crippen molar-refractivity contribution in [1.29, 1.82) is 0 Å². The predicted octanol–water partition coefficient (Wildman–Crippen LogP) is 1.70. The van der Waals surface area contributed by atoms with Gasteiger partial charge in [0.2, 0.25) is 0 Å². The molecular weight excluding hydrogens is 202 g/mol. The maximum Gasteiger partial charge on any atom is 0.0897 e. The molecule has 2 aliphatic carbocycles. The van der Waals surface area contributed by atoms with Gasteiger partial charge in [0, 0.05) is 19.2 Å². The van der Waals surface area contributed by atoms with Gasteiger partial charge in [0.05, 0.1) is 12.7 Å². The lowest BCUT2D eigenvalue weighted by Crippen LogP contribution is -2.38. The van der Waals surface area contributed by atoms with Gasteiger partial charge in [0.25, 0.3) is 0 Å². The van der Waals surface area contributed by atoms with Crippen LogP contribution in [0.15, 0.2) is 0 Å². The van der Waals surface area contributed by atoms with Crippen LogP contribution in [0.3, 0.4) is 0 Å². The van der Waals surface area contributed by atoms with Crippen LogP contribution >= 0.6 is 0 Å². The lowest BCUT2D eigenvalue weighted by atomic mass is 9.95. The standard InChI is InChI=1S/C13H25NO2/c15-13(10-16-9-11-6-7-11)8-14-12-4-2-1-3-5-12/h11-15H,1-10H2. The molecule has 0 bridgehead atoms. The van der Waals surface area contributed by atoms with E-state index in [1.54, 1.807) is 0 Å². The Bertz CT molecular complexity index is 188. The van der Waals surface area contributed by atoms with Crippen molar-refractivity contribution in [2.75, 3.05) is 19.8 Å². The van der Waals surface area contributed by atoms with Crippen molar-refractivity contribution in [3.8, 4) is 0 Å². The lowest BCUT2D eigenvalue weighted by molar-refractivity contribution is 0.0307. The van der Waals surface area contributed by atoms with E-state index < -0.39 is 0 Å². The topological polar surface area (TPSA) is 41.5 Å². The van der Waals surface area contributed by atoms with E-state index in [2.05, 4.69) is 5.32 Å². The monoisotopic (exact) mass is 227 g/mol. The molecule has 0 amide bonds. The molecule has 1 atom stereocenters. The summed E-state index contributed by atoms with van der Waals surface area (Å²) in [4.78, 5) is 0. The quantitative estimate of drug-likeness (QED) is 0.695. The average molecular weight is 227 g/mol. The Labute approximate surface area is 98.6 Å². The zero-order valence-corrected chi connectivity index (χ0v) is 10.2. The number of aliphatic hydroxyl groups is 1. The summed E-state index contributed by atoms with van der Waals surface area (Å²) in [5.74, 6) is 0.790. The number of hydrogen-bond acceptors (Lipinski definition) is 3. The van der Waals surface area contributed by atoms with E-state index >= 15 is 0 Å². The summed E-state index contributed by atoms with van der Waals surface area (Å²) in [5, 5.41) is 13.2. The van der Waals surface area contributed by atoms with Crippen LogP contribution in [0, 0.1) is 5.92 Å². The second kappa shape index (κ2) is 6.58. The maximum atomic E-state index is 9.73. The van der Waals surface area contributed by atoms with Gasteiger partial charge in [0.15, 0.2) is 0 Å². The minimum Gasteiger partial charge on any atom is -0.389 e. The van der Waals surface area contributed by atoms with Gasteiger partial charge in [-0.1, -0.05) is 19.3 Å². The molecule has 0 saturated heterocycles. The molecule has 0 aromatic heterocycles. The summed E-state index contributed by atoms with van der Waals surface area (Å²) >= 11 is 0. The van der Waals surface area contributed by atoms with Crippen LogP contribution in [0.4, 0.5) is 0 Å². The van der Waals surface area contributed by atoms with Crippen LogP contribution < -0.4 is 5.32 Å². The molecule has 3 heteroatoms. The normalized spacial score (nSPS) is 24.6. The highest BCUT2D eigenvalue weighted by molar-refractivity contribution is 4.74. The van der Waals surface area contributed by atoms with E-state index in [9.17, 15) is 5.11 Å². The van der Waals surface area contributed by atoms with Crippen molar-refractivity contribution in [3.05, 3.63) is 0 Å². The third kappa shape index (κ3) is 4.81. The summed E-state index contributed by atoms with van der Waals surface area (Å²) in [5.41, 5.74) is 0. The summed E-state index contributed by atoms with van der Waals surface area (Å²) in [7, 11) is 0. The van der Waals surface area contributed by atoms with Gasteiger partial charge in [-0.25, -0.2) is 0 Å². The molecule has 0 heterocycles. The van der Waals surface area contributed by atoms with E-state index in [0.717, 1.165) is 12.5 Å². The number of hydrogen-bond donors (Lipinski definition) is 2. The molecule has 16 heavy (non-hydrogen) atoms. The first kappa shape index (κ1) is 12.3. The second-order valence-electron chi connectivity index (χ2n) is 5.38. The first-order valence-electron chi connectivity index (χ1n) is 6.84. The number of nitrogens with one attached hydrogen (secondary N) is 1. The Morgan fingerprint density at radius 3 is 2.56 bits per heavy atom. The Morgan fingerprint density at radius 2 is 1.88 bits per heavy atom. The molecule has 3 nitrogen and oxygen atoms in total. The van der Waals surface area contributed by atoms with E-state index in [-0.39, 0.29) is 6.10 Å². The maximum absolute atomic E-state index is 9.73. The highest BCUT2D eigenvalue weighted by atomic mass is 16.5. The van der Waals surface area contributed by atoms with Gasteiger partial charge in [-0.05, 0) is 31.6 Å². The molecule has 2 rings (SSSR count). The molecule has 0 aromatic rings. The Hall–Kier alpha value is -0.120. The van der Waals surface area contributed by atoms with E-state index in [1.807, 2.05) is 0 Å². The fraction of sp³-hybridized carbons (Fsp3) is 1.00. The van der Waals surface area contributed by atoms with E-state index in [1.165, 1.54) is 44.9 Å². The first-order chi connectivity index (χ1) is 7.84. The smallest absolute Gasteiger partial charge is 0.0897 e. The third-order valence-corrected chi connectivity index (χ3v) is 3.61. The number of rotatable bonds is 7. The summed E-state index contributed by atoms with van der Waals surface area (Å²) < 4.78 is 5.47. The molecule has 1 unspecified atom stereocenters. The molecule has 2 N–H and O–H groups in total. The first-order valence-corrected chi connectivity index (χ1v) is 6.84. The Kier molecular flexibility index (Phi) is 5.07. The van der Waals surface area contributed by atoms with Crippen LogP contribution in [0.5, 0.6) is 0 Å². The van der Waals surface area contributed by atoms with Crippen molar-refractivity contribution in [3.63, 3.8) is 0 Å². The van der Waals surface area contributed by atoms with E-state index in [0.29, 0.717) is 19.2 Å². The Morgan fingerprint density at radius 1 is 1.12 bits per heavy atom. The van der Waals surface area contributed by atoms with Crippen molar-refractivity contribution < 1.29 is 9.84 Å². The Balaban J connectivity index is 1.46. The highest BCUT2D eigenvalue weighted by Crippen LogP contribution is 2.28. The predicted molar refractivity (Wildman–Crippen MR) is 64.4 cm³/mol. The van der Waals surface area contributed by atoms with Crippen molar-refractivity contribution in [2.45, 2.75) is 57.1 Å². The summed E-state index contributed by atoms with van der Waals surface area (Å²) in [6, 6.07) is 0.631. The van der Waals surface area contributed by atoms with Gasteiger partial charge in [0.1, 0.15) is 0 Å². The minimum absolute atomic E-state index is 0.333. The molecule has 0 aliphatic heterocycles. The van der Waals surface area contributed by atoms with Crippen LogP contribution in [0.25, 0.3) is 0 Å². The summed E-state index contributed by atoms with van der Waals surface area (Å²) in [6.45, 7) is 2.03. The van der Waals surface area contributed by atoms with Crippen molar-refractivity contribution >= 4 is 0 Å². The number of ether oxygens (including phenoxy) is 1. The molecule has 2 aliphatic rings. The molecule has 0 aromatic carbocycles. The largest absolute Gasteiger partial charge is 0.389 e. The van der Waals surface area contributed by atoms with Crippen LogP contribution in [-0.2, 0) is 4.74 Å². The van der Waals surface area contributed by atoms with Gasteiger partial charge in [-0.2, -0.15) is 0 Å². The van der Waals surface area contributed by atoms with Gasteiger partial charge >= 0.3 is 0 Å². The SMILES string of the molecule is OC(CNC1CCCCC1)COCC1CC1. The minimum atomic E-state index is -0.333. The van der Waals surface area contributed by atoms with Crippen LogP contribution in [0.1, 0.15) is 44.9 Å². The highest BCUT2D eigenvalue weighted by Gasteiger charge is 2.21. The van der Waals surface area contributed by atoms with Gasteiger partial charge in [-0.3, -0.25) is 0 Å². The zero-order chi connectivity index (χ0) is 11.2. The van der Waals surface area contributed by atoms with E-state index in [4.69, 9.17) is 4.74 Å². The second-order valence-corrected chi connectivity index (χ2v) is 5.38. The van der Waals surface area contributed by atoms with Crippen LogP contribution in [-0.4, -0.2) is 37.0 Å². The molecule has 0 spiro atoms. The van der Waals surface area contributed by atoms with Crippen LogP contribution in [0.2, 0.25) is 0 Å². The molecular formula is C13H25NO2. The average Bonchev–Trinajstić information content (AvgIpc) is 3.12. The van der Waals surface area contributed by atoms with Gasteiger partial charge in [-0.15, -0.1) is 0 Å². The molecule has 0 radical (unpaired) electrons. The third-order valence-electron chi connectivity index (χ3n) is 3.61. The zero-order valence-electron chi connectivity index (χ0n) is 10.2.